The fourth-order valence-corrected chi connectivity index (χ4v) is 4.08. The SMILES string of the molecule is O=C1C2CC(c3cccs3)NN2C=NN1Cc1nc(-c2ccc(F)cc2)no1. The number of amides is 1. The molecular formula is C18H15FN6O2S. The predicted molar refractivity (Wildman–Crippen MR) is 99.2 cm³/mol. The number of hydrogen-bond donors (Lipinski definition) is 1. The molecule has 1 aromatic carbocycles. The highest BCUT2D eigenvalue weighted by Crippen LogP contribution is 2.32. The third-order valence-electron chi connectivity index (χ3n) is 4.70. The summed E-state index contributed by atoms with van der Waals surface area (Å²) in [5.74, 6) is 0.135. The molecule has 2 atom stereocenters. The Bertz CT molecular complexity index is 1020. The number of carbonyl (C=O) groups is 1. The predicted octanol–water partition coefficient (Wildman–Crippen LogP) is 2.54. The maximum absolute atomic E-state index is 13.1. The van der Waals surface area contributed by atoms with Crippen molar-refractivity contribution < 1.29 is 13.7 Å². The molecule has 1 saturated heterocycles. The van der Waals surface area contributed by atoms with Gasteiger partial charge in [0, 0.05) is 16.9 Å². The van der Waals surface area contributed by atoms with Crippen LogP contribution in [0.2, 0.25) is 0 Å². The number of carbonyl (C=O) groups excluding carboxylic acids is 1. The Morgan fingerprint density at radius 3 is 2.93 bits per heavy atom. The first kappa shape index (κ1) is 17.0. The minimum atomic E-state index is -0.337. The van der Waals surface area contributed by atoms with Gasteiger partial charge >= 0.3 is 0 Å². The zero-order chi connectivity index (χ0) is 19.1. The lowest BCUT2D eigenvalue weighted by Crippen LogP contribution is -2.50. The second-order valence-corrected chi connectivity index (χ2v) is 7.48. The van der Waals surface area contributed by atoms with Gasteiger partial charge in [-0.05, 0) is 35.7 Å². The van der Waals surface area contributed by atoms with Crippen molar-refractivity contribution in [3.8, 4) is 11.4 Å². The summed E-state index contributed by atoms with van der Waals surface area (Å²) in [7, 11) is 0. The maximum Gasteiger partial charge on any atom is 0.267 e. The van der Waals surface area contributed by atoms with E-state index in [9.17, 15) is 9.18 Å². The van der Waals surface area contributed by atoms with Crippen molar-refractivity contribution in [1.82, 2.24) is 25.6 Å². The number of halogens is 1. The summed E-state index contributed by atoms with van der Waals surface area (Å²) in [5.41, 5.74) is 3.94. The molecule has 5 rings (SSSR count). The van der Waals surface area contributed by atoms with Gasteiger partial charge in [0.25, 0.3) is 5.91 Å². The van der Waals surface area contributed by atoms with Crippen molar-refractivity contribution in [3.05, 3.63) is 58.4 Å². The molecule has 0 spiro atoms. The van der Waals surface area contributed by atoms with Gasteiger partial charge < -0.3 is 4.52 Å². The number of hydrazine groups is 1. The lowest BCUT2D eigenvalue weighted by molar-refractivity contribution is -0.137. The van der Waals surface area contributed by atoms with Crippen molar-refractivity contribution in [1.29, 1.82) is 0 Å². The smallest absolute Gasteiger partial charge is 0.267 e. The van der Waals surface area contributed by atoms with E-state index in [1.807, 2.05) is 11.4 Å². The Labute approximate surface area is 163 Å². The second-order valence-electron chi connectivity index (χ2n) is 6.50. The van der Waals surface area contributed by atoms with Crippen LogP contribution in [0, 0.1) is 5.82 Å². The van der Waals surface area contributed by atoms with Gasteiger partial charge in [0.2, 0.25) is 11.7 Å². The van der Waals surface area contributed by atoms with Gasteiger partial charge in [-0.1, -0.05) is 11.2 Å². The number of thiophene rings is 1. The lowest BCUT2D eigenvalue weighted by Gasteiger charge is -2.29. The Hall–Kier alpha value is -3.11. The third-order valence-corrected chi connectivity index (χ3v) is 5.68. The monoisotopic (exact) mass is 398 g/mol. The second kappa shape index (κ2) is 6.80. The highest BCUT2D eigenvalue weighted by molar-refractivity contribution is 7.10. The van der Waals surface area contributed by atoms with E-state index in [0.717, 1.165) is 0 Å². The Morgan fingerprint density at radius 2 is 2.14 bits per heavy atom. The molecule has 0 saturated carbocycles. The topological polar surface area (TPSA) is 86.9 Å². The van der Waals surface area contributed by atoms with Crippen LogP contribution in [0.4, 0.5) is 4.39 Å². The first-order valence-corrected chi connectivity index (χ1v) is 9.57. The number of benzene rings is 1. The van der Waals surface area contributed by atoms with Gasteiger partial charge in [-0.3, -0.25) is 9.80 Å². The number of fused-ring (bicyclic) bond motifs is 1. The van der Waals surface area contributed by atoms with E-state index >= 15 is 0 Å². The molecule has 10 heteroatoms. The number of hydrazone groups is 1. The molecule has 2 unspecified atom stereocenters. The Kier molecular flexibility index (Phi) is 4.14. The number of nitrogens with zero attached hydrogens (tertiary/aromatic N) is 5. The zero-order valence-electron chi connectivity index (χ0n) is 14.5. The summed E-state index contributed by atoms with van der Waals surface area (Å²) in [4.78, 5) is 18.3. The van der Waals surface area contributed by atoms with Crippen LogP contribution in [0.5, 0.6) is 0 Å². The molecule has 2 aliphatic rings. The van der Waals surface area contributed by atoms with Crippen LogP contribution < -0.4 is 5.43 Å². The van der Waals surface area contributed by atoms with Gasteiger partial charge in [0.15, 0.2) is 0 Å². The van der Waals surface area contributed by atoms with E-state index < -0.39 is 0 Å². The van der Waals surface area contributed by atoms with Crippen LogP contribution in [-0.4, -0.2) is 38.4 Å². The van der Waals surface area contributed by atoms with E-state index in [-0.39, 0.29) is 36.2 Å². The van der Waals surface area contributed by atoms with E-state index in [2.05, 4.69) is 26.7 Å². The Balaban J connectivity index is 1.29. The minimum Gasteiger partial charge on any atom is -0.337 e. The van der Waals surface area contributed by atoms with Crippen LogP contribution in [-0.2, 0) is 11.3 Å². The van der Waals surface area contributed by atoms with Crippen molar-refractivity contribution in [3.63, 3.8) is 0 Å². The number of hydrogen-bond acceptors (Lipinski definition) is 8. The average molecular weight is 398 g/mol. The van der Waals surface area contributed by atoms with Crippen LogP contribution >= 0.6 is 11.3 Å². The van der Waals surface area contributed by atoms with Gasteiger partial charge in [-0.25, -0.2) is 14.8 Å². The van der Waals surface area contributed by atoms with Crippen LogP contribution in [0.3, 0.4) is 0 Å². The number of rotatable bonds is 4. The van der Waals surface area contributed by atoms with Crippen LogP contribution in [0.25, 0.3) is 11.4 Å². The first-order valence-electron chi connectivity index (χ1n) is 8.69. The van der Waals surface area contributed by atoms with Crippen molar-refractivity contribution >= 4 is 23.6 Å². The number of nitrogens with one attached hydrogen (secondary N) is 1. The summed E-state index contributed by atoms with van der Waals surface area (Å²) in [5, 5.41) is 13.2. The molecule has 28 heavy (non-hydrogen) atoms. The van der Waals surface area contributed by atoms with Gasteiger partial charge in [-0.15, -0.1) is 11.3 Å². The van der Waals surface area contributed by atoms with Gasteiger partial charge in [0.1, 0.15) is 24.7 Å². The molecule has 2 aromatic heterocycles. The summed E-state index contributed by atoms with van der Waals surface area (Å²) in [6, 6.07) is 9.61. The van der Waals surface area contributed by atoms with Crippen LogP contribution in [0.1, 0.15) is 23.2 Å². The van der Waals surface area contributed by atoms with E-state index in [1.165, 1.54) is 22.0 Å². The number of aromatic nitrogens is 2. The van der Waals surface area contributed by atoms with Crippen molar-refractivity contribution in [2.24, 2.45) is 5.10 Å². The fourth-order valence-electron chi connectivity index (χ4n) is 3.29. The molecular weight excluding hydrogens is 383 g/mol. The van der Waals surface area contributed by atoms with Gasteiger partial charge in [0.05, 0.1) is 6.04 Å². The summed E-state index contributed by atoms with van der Waals surface area (Å²) in [6.45, 7) is 0.0809. The summed E-state index contributed by atoms with van der Waals surface area (Å²) < 4.78 is 18.3. The normalized spacial score (nSPS) is 21.4. The van der Waals surface area contributed by atoms with E-state index in [0.29, 0.717) is 17.8 Å². The molecule has 142 valence electrons. The maximum atomic E-state index is 13.1. The Morgan fingerprint density at radius 1 is 1.29 bits per heavy atom. The average Bonchev–Trinajstić information content (AvgIpc) is 3.45. The van der Waals surface area contributed by atoms with Crippen molar-refractivity contribution in [2.75, 3.05) is 0 Å². The molecule has 4 heterocycles. The highest BCUT2D eigenvalue weighted by Gasteiger charge is 2.41. The molecule has 8 nitrogen and oxygen atoms in total. The minimum absolute atomic E-state index is 0.0809. The molecule has 0 bridgehead atoms. The largest absolute Gasteiger partial charge is 0.337 e. The third kappa shape index (κ3) is 3.06. The molecule has 0 aliphatic carbocycles. The van der Waals surface area contributed by atoms with Gasteiger partial charge in [-0.2, -0.15) is 10.1 Å². The fraction of sp³-hybridized carbons (Fsp3) is 0.222. The molecule has 2 aliphatic heterocycles. The van der Waals surface area contributed by atoms with E-state index in [4.69, 9.17) is 4.52 Å². The van der Waals surface area contributed by atoms with E-state index in [1.54, 1.807) is 34.8 Å². The summed E-state index contributed by atoms with van der Waals surface area (Å²) in [6.07, 6.45) is 2.27. The molecule has 1 amide bonds. The molecule has 3 aromatic rings. The quantitative estimate of drug-likeness (QED) is 0.727. The highest BCUT2D eigenvalue weighted by atomic mass is 32.1. The summed E-state index contributed by atoms with van der Waals surface area (Å²) >= 11 is 1.66. The zero-order valence-corrected chi connectivity index (χ0v) is 15.3. The lowest BCUT2D eigenvalue weighted by atomic mass is 10.1. The molecule has 1 fully saturated rings. The molecule has 1 N–H and O–H groups in total. The van der Waals surface area contributed by atoms with Crippen molar-refractivity contribution in [2.45, 2.75) is 25.0 Å². The van der Waals surface area contributed by atoms with Crippen LogP contribution in [0.15, 0.2) is 51.4 Å². The first-order chi connectivity index (χ1) is 13.7. The standard InChI is InChI=1S/C18H15FN6O2S/c19-12-5-3-11(4-6-12)17-21-16(27-23-17)9-24-18(26)14-8-13(15-2-1-7-28-15)22-25(14)10-20-24/h1-7,10,13-14,22H,8-9H2. The molecule has 0 radical (unpaired) electrons.